The molecule has 2 aliphatic rings. The highest BCUT2D eigenvalue weighted by molar-refractivity contribution is 7.99. The molecule has 0 radical (unpaired) electrons. The molecule has 6 nitrogen and oxygen atoms in total. The number of amides is 2. The van der Waals surface area contributed by atoms with E-state index in [4.69, 9.17) is 9.84 Å². The number of aliphatic carboxylic acids is 1. The normalized spacial score (nSPS) is 31.6. The quantitative estimate of drug-likeness (QED) is 0.793. The second kappa shape index (κ2) is 5.79. The van der Waals surface area contributed by atoms with Crippen LogP contribution in [-0.2, 0) is 9.53 Å². The van der Waals surface area contributed by atoms with E-state index in [9.17, 15) is 9.59 Å². The van der Waals surface area contributed by atoms with E-state index >= 15 is 0 Å². The Morgan fingerprint density at radius 2 is 2.22 bits per heavy atom. The molecule has 3 atom stereocenters. The van der Waals surface area contributed by atoms with Gasteiger partial charge in [-0.25, -0.2) is 9.59 Å². The maximum absolute atomic E-state index is 12.1. The highest BCUT2D eigenvalue weighted by atomic mass is 32.2. The molecule has 0 aromatic carbocycles. The van der Waals surface area contributed by atoms with E-state index in [1.807, 2.05) is 0 Å². The number of nitrogens with zero attached hydrogens (tertiary/aromatic N) is 1. The zero-order valence-electron chi connectivity index (χ0n) is 10.3. The fraction of sp³-hybridized carbons (Fsp3) is 0.818. The van der Waals surface area contributed by atoms with Crippen LogP contribution >= 0.6 is 11.8 Å². The zero-order chi connectivity index (χ0) is 13.1. The molecule has 0 spiro atoms. The SMILES string of the molecule is COC1CCCC1NC(=O)N1CSC[C@H]1C(=O)O. The molecule has 102 valence electrons. The first-order chi connectivity index (χ1) is 8.63. The molecule has 1 aliphatic heterocycles. The smallest absolute Gasteiger partial charge is 0.327 e. The van der Waals surface area contributed by atoms with Gasteiger partial charge < -0.3 is 20.1 Å². The Hall–Kier alpha value is -0.950. The number of thioether (sulfide) groups is 1. The summed E-state index contributed by atoms with van der Waals surface area (Å²) in [6, 6.07) is -0.999. The first-order valence-corrected chi connectivity index (χ1v) is 7.19. The van der Waals surface area contributed by atoms with Crippen molar-refractivity contribution in [3.63, 3.8) is 0 Å². The van der Waals surface area contributed by atoms with Gasteiger partial charge in [0.15, 0.2) is 0 Å². The summed E-state index contributed by atoms with van der Waals surface area (Å²) >= 11 is 1.46. The molecular weight excluding hydrogens is 256 g/mol. The van der Waals surface area contributed by atoms with E-state index in [-0.39, 0.29) is 18.2 Å². The van der Waals surface area contributed by atoms with Crippen LogP contribution in [0.15, 0.2) is 0 Å². The van der Waals surface area contributed by atoms with Gasteiger partial charge in [-0.2, -0.15) is 0 Å². The minimum Gasteiger partial charge on any atom is -0.480 e. The Bertz CT molecular complexity index is 339. The first-order valence-electron chi connectivity index (χ1n) is 6.04. The molecule has 0 bridgehead atoms. The third-order valence-electron chi connectivity index (χ3n) is 3.49. The number of hydrogen-bond acceptors (Lipinski definition) is 4. The first kappa shape index (κ1) is 13.5. The van der Waals surface area contributed by atoms with E-state index < -0.39 is 12.0 Å². The van der Waals surface area contributed by atoms with Gasteiger partial charge in [-0.3, -0.25) is 0 Å². The molecule has 2 N–H and O–H groups in total. The van der Waals surface area contributed by atoms with E-state index in [1.165, 1.54) is 16.7 Å². The summed E-state index contributed by atoms with van der Waals surface area (Å²) in [4.78, 5) is 24.5. The summed E-state index contributed by atoms with van der Waals surface area (Å²) in [5.74, 6) is -0.0428. The highest BCUT2D eigenvalue weighted by Crippen LogP contribution is 2.24. The lowest BCUT2D eigenvalue weighted by atomic mass is 10.2. The molecule has 7 heteroatoms. The molecule has 2 fully saturated rings. The second-order valence-electron chi connectivity index (χ2n) is 4.58. The molecule has 0 aromatic rings. The largest absolute Gasteiger partial charge is 0.480 e. The summed E-state index contributed by atoms with van der Waals surface area (Å²) in [6.45, 7) is 0. The van der Waals surface area contributed by atoms with Crippen LogP contribution in [-0.4, -0.2) is 58.9 Å². The fourth-order valence-electron chi connectivity index (χ4n) is 2.46. The van der Waals surface area contributed by atoms with Crippen molar-refractivity contribution in [1.29, 1.82) is 0 Å². The fourth-order valence-corrected chi connectivity index (χ4v) is 3.61. The average molecular weight is 274 g/mol. The Balaban J connectivity index is 1.93. The van der Waals surface area contributed by atoms with Crippen molar-refractivity contribution in [2.24, 2.45) is 0 Å². The summed E-state index contributed by atoms with van der Waals surface area (Å²) in [7, 11) is 1.64. The van der Waals surface area contributed by atoms with Crippen molar-refractivity contribution in [1.82, 2.24) is 10.2 Å². The molecule has 1 aliphatic carbocycles. The number of urea groups is 1. The summed E-state index contributed by atoms with van der Waals surface area (Å²) in [6.07, 6.45) is 2.91. The molecular formula is C11H18N2O4S. The van der Waals surface area contributed by atoms with Crippen LogP contribution in [0.2, 0.25) is 0 Å². The van der Waals surface area contributed by atoms with Crippen LogP contribution in [0.25, 0.3) is 0 Å². The lowest BCUT2D eigenvalue weighted by Gasteiger charge is -2.25. The van der Waals surface area contributed by atoms with Crippen molar-refractivity contribution in [3.8, 4) is 0 Å². The van der Waals surface area contributed by atoms with Gasteiger partial charge >= 0.3 is 12.0 Å². The van der Waals surface area contributed by atoms with Gasteiger partial charge in [-0.1, -0.05) is 0 Å². The monoisotopic (exact) mass is 274 g/mol. The molecule has 1 saturated heterocycles. The maximum Gasteiger partial charge on any atom is 0.327 e. The average Bonchev–Trinajstić information content (AvgIpc) is 2.96. The number of nitrogens with one attached hydrogen (secondary N) is 1. The van der Waals surface area contributed by atoms with Crippen LogP contribution in [0.4, 0.5) is 4.79 Å². The molecule has 2 amide bonds. The molecule has 18 heavy (non-hydrogen) atoms. The highest BCUT2D eigenvalue weighted by Gasteiger charge is 2.37. The summed E-state index contributed by atoms with van der Waals surface area (Å²) in [5, 5.41) is 11.9. The molecule has 2 unspecified atom stereocenters. The van der Waals surface area contributed by atoms with Gasteiger partial charge in [0.1, 0.15) is 6.04 Å². The number of ether oxygens (including phenoxy) is 1. The minimum absolute atomic E-state index is 0.00236. The van der Waals surface area contributed by atoms with Crippen molar-refractivity contribution in [2.45, 2.75) is 37.5 Å². The van der Waals surface area contributed by atoms with Gasteiger partial charge in [0, 0.05) is 12.9 Å². The van der Waals surface area contributed by atoms with Gasteiger partial charge in [0.25, 0.3) is 0 Å². The van der Waals surface area contributed by atoms with Crippen molar-refractivity contribution < 1.29 is 19.4 Å². The van der Waals surface area contributed by atoms with E-state index in [2.05, 4.69) is 5.32 Å². The Morgan fingerprint density at radius 3 is 2.89 bits per heavy atom. The number of methoxy groups -OCH3 is 1. The van der Waals surface area contributed by atoms with Crippen LogP contribution in [0.3, 0.4) is 0 Å². The van der Waals surface area contributed by atoms with Crippen molar-refractivity contribution in [3.05, 3.63) is 0 Å². The predicted octanol–water partition coefficient (Wildman–Crippen LogP) is 0.723. The summed E-state index contributed by atoms with van der Waals surface area (Å²) in [5.41, 5.74) is 0. The molecule has 2 rings (SSSR count). The van der Waals surface area contributed by atoms with E-state index in [1.54, 1.807) is 7.11 Å². The Kier molecular flexibility index (Phi) is 4.34. The van der Waals surface area contributed by atoms with Gasteiger partial charge in [-0.05, 0) is 19.3 Å². The zero-order valence-corrected chi connectivity index (χ0v) is 11.1. The molecule has 1 saturated carbocycles. The standard InChI is InChI=1S/C11H18N2O4S/c1-17-9-4-2-3-7(9)12-11(16)13-6-18-5-8(13)10(14)15/h7-9H,2-6H2,1H3,(H,12,16)(H,14,15)/t7?,8-,9?/m0/s1. The molecule has 1 heterocycles. The van der Waals surface area contributed by atoms with Crippen molar-refractivity contribution in [2.75, 3.05) is 18.7 Å². The lowest BCUT2D eigenvalue weighted by Crippen LogP contribution is -2.51. The molecule has 0 aromatic heterocycles. The number of rotatable bonds is 3. The second-order valence-corrected chi connectivity index (χ2v) is 5.58. The number of carbonyl (C=O) groups is 2. The number of carbonyl (C=O) groups excluding carboxylic acids is 1. The number of carboxylic acids is 1. The number of hydrogen-bond donors (Lipinski definition) is 2. The minimum atomic E-state index is -0.940. The lowest BCUT2D eigenvalue weighted by molar-refractivity contribution is -0.140. The van der Waals surface area contributed by atoms with Gasteiger partial charge in [-0.15, -0.1) is 11.8 Å². The Labute approximate surface area is 110 Å². The van der Waals surface area contributed by atoms with Gasteiger partial charge in [0.2, 0.25) is 0 Å². The maximum atomic E-state index is 12.1. The third kappa shape index (κ3) is 2.72. The topological polar surface area (TPSA) is 78.9 Å². The third-order valence-corrected chi connectivity index (χ3v) is 4.50. The van der Waals surface area contributed by atoms with E-state index in [0.717, 1.165) is 19.3 Å². The van der Waals surface area contributed by atoms with Gasteiger partial charge in [0.05, 0.1) is 18.0 Å². The summed E-state index contributed by atoms with van der Waals surface area (Å²) < 4.78 is 5.31. The van der Waals surface area contributed by atoms with Crippen LogP contribution < -0.4 is 5.32 Å². The van der Waals surface area contributed by atoms with Crippen LogP contribution in [0.5, 0.6) is 0 Å². The van der Waals surface area contributed by atoms with E-state index in [0.29, 0.717) is 11.6 Å². The Morgan fingerprint density at radius 1 is 1.44 bits per heavy atom. The predicted molar refractivity (Wildman–Crippen MR) is 67.6 cm³/mol. The van der Waals surface area contributed by atoms with Crippen LogP contribution in [0, 0.1) is 0 Å². The number of carboxylic acid groups (broad SMARTS) is 1. The van der Waals surface area contributed by atoms with Crippen LogP contribution in [0.1, 0.15) is 19.3 Å². The van der Waals surface area contributed by atoms with Crippen molar-refractivity contribution >= 4 is 23.8 Å².